The topological polar surface area (TPSA) is 142 Å². The summed E-state index contributed by atoms with van der Waals surface area (Å²) in [6.45, 7) is 9.76. The van der Waals surface area contributed by atoms with Gasteiger partial charge >= 0.3 is 5.97 Å². The molecule has 1 rings (SSSR count). The molecule has 0 aromatic rings. The lowest BCUT2D eigenvalue weighted by Gasteiger charge is -2.29. The van der Waals surface area contributed by atoms with Crippen molar-refractivity contribution < 1.29 is 33.8 Å². The van der Waals surface area contributed by atoms with Gasteiger partial charge < -0.3 is 25.4 Å². The quantitative estimate of drug-likeness (QED) is 0.199. The number of esters is 1. The van der Waals surface area contributed by atoms with Gasteiger partial charge in [-0.2, -0.15) is 0 Å². The third-order valence-electron chi connectivity index (χ3n) is 7.08. The lowest BCUT2D eigenvalue weighted by atomic mass is 9.85. The van der Waals surface area contributed by atoms with Gasteiger partial charge in [-0.15, -0.1) is 0 Å². The van der Waals surface area contributed by atoms with Crippen molar-refractivity contribution in [2.24, 2.45) is 11.8 Å². The van der Waals surface area contributed by atoms with Gasteiger partial charge in [0.15, 0.2) is 11.4 Å². The molecule has 10 heteroatoms. The predicted molar refractivity (Wildman–Crippen MR) is 153 cm³/mol. The third-order valence-corrected chi connectivity index (χ3v) is 7.08. The molecular formula is C30H49N3O7. The Labute approximate surface area is 239 Å². The largest absolute Gasteiger partial charge is 0.460 e. The molecule has 1 aliphatic heterocycles. The van der Waals surface area contributed by atoms with Crippen LogP contribution in [0.5, 0.6) is 0 Å². The molecule has 226 valence electrons. The number of ketones is 1. The molecule has 0 unspecified atom stereocenters. The van der Waals surface area contributed by atoms with Gasteiger partial charge in [-0.25, -0.2) is 0 Å². The van der Waals surface area contributed by atoms with Crippen LogP contribution in [0.4, 0.5) is 0 Å². The number of likely N-dealkylation sites (N-methyl/N-ethyl adjacent to an activating group) is 1. The Balaban J connectivity index is 2.88. The summed E-state index contributed by atoms with van der Waals surface area (Å²) in [6, 6.07) is 0. The van der Waals surface area contributed by atoms with Gasteiger partial charge in [0.2, 0.25) is 11.8 Å². The van der Waals surface area contributed by atoms with E-state index in [0.717, 1.165) is 43.1 Å². The highest BCUT2D eigenvalue weighted by Gasteiger charge is 2.44. The van der Waals surface area contributed by atoms with Gasteiger partial charge in [-0.1, -0.05) is 78.7 Å². The number of rotatable bonds is 11. The third kappa shape index (κ3) is 12.9. The molecule has 0 spiro atoms. The number of nitrogens with one attached hydrogen (secondary N) is 2. The number of cyclic esters (lactones) is 1. The summed E-state index contributed by atoms with van der Waals surface area (Å²) in [6.07, 6.45) is 11.7. The molecule has 1 heterocycles. The number of hydrogen-bond donors (Lipinski definition) is 3. The molecule has 1 aliphatic rings. The number of hydrogen-bond acceptors (Lipinski definition) is 7. The fourth-order valence-corrected chi connectivity index (χ4v) is 4.47. The zero-order valence-corrected chi connectivity index (χ0v) is 24.9. The van der Waals surface area contributed by atoms with Gasteiger partial charge in [0.05, 0.1) is 12.5 Å². The van der Waals surface area contributed by atoms with E-state index < -0.39 is 53.6 Å². The van der Waals surface area contributed by atoms with Gasteiger partial charge in [0.1, 0.15) is 12.6 Å². The molecule has 40 heavy (non-hydrogen) atoms. The standard InChI is InChI=1S/C30H49N3O7/c1-21(2)15-13-11-9-7-8-10-12-14-16-24-23(4)28(37)30(5,39)29(38)31-19-25(34)32-22(3)17-18-26(35)33(6)20-27(36)40-24/h17-18,21,23-24,39H,3,7-16,19-20H2,1-2,4-6H3,(H,31,38)(H,32,34)/t23-,24-,30-/m0/s1. The SMILES string of the molecule is C=C1C=CC(=O)N(C)CC(=O)O[C@@H](CCCCCCCCCCC(C)C)[C@H](C)C(=O)[C@](C)(O)C(=O)NCC(=O)N1. The highest BCUT2D eigenvalue weighted by atomic mass is 16.5. The van der Waals surface area contributed by atoms with E-state index in [1.54, 1.807) is 0 Å². The highest BCUT2D eigenvalue weighted by Crippen LogP contribution is 2.23. The molecule has 3 amide bonds. The minimum Gasteiger partial charge on any atom is -0.460 e. The van der Waals surface area contributed by atoms with Crippen molar-refractivity contribution in [3.63, 3.8) is 0 Å². The zero-order valence-electron chi connectivity index (χ0n) is 24.9. The normalized spacial score (nSPS) is 24.1. The van der Waals surface area contributed by atoms with Gasteiger partial charge in [-0.05, 0) is 31.8 Å². The Kier molecular flexibility index (Phi) is 15.4. The Morgan fingerprint density at radius 2 is 1.60 bits per heavy atom. The van der Waals surface area contributed by atoms with E-state index in [2.05, 4.69) is 31.1 Å². The molecule has 0 fully saturated rings. The van der Waals surface area contributed by atoms with E-state index in [-0.39, 0.29) is 12.2 Å². The van der Waals surface area contributed by atoms with Crippen molar-refractivity contribution >= 4 is 29.5 Å². The molecule has 0 aliphatic carbocycles. The van der Waals surface area contributed by atoms with Crippen LogP contribution in [0.1, 0.15) is 91.9 Å². The Morgan fingerprint density at radius 3 is 2.20 bits per heavy atom. The van der Waals surface area contributed by atoms with Crippen LogP contribution in [0.3, 0.4) is 0 Å². The smallest absolute Gasteiger partial charge is 0.325 e. The van der Waals surface area contributed by atoms with Crippen LogP contribution < -0.4 is 10.6 Å². The first-order chi connectivity index (χ1) is 18.7. The van der Waals surface area contributed by atoms with Crippen LogP contribution in [0.2, 0.25) is 0 Å². The molecule has 0 saturated heterocycles. The fourth-order valence-electron chi connectivity index (χ4n) is 4.47. The first-order valence-corrected chi connectivity index (χ1v) is 14.4. The van der Waals surface area contributed by atoms with E-state index in [1.807, 2.05) is 0 Å². The average molecular weight is 564 g/mol. The molecule has 0 radical (unpaired) electrons. The first kappa shape index (κ1) is 35.0. The molecule has 10 nitrogen and oxygen atoms in total. The maximum atomic E-state index is 13.2. The Morgan fingerprint density at radius 1 is 1.02 bits per heavy atom. The predicted octanol–water partition coefficient (Wildman–Crippen LogP) is 3.19. The molecule has 0 saturated carbocycles. The van der Waals surface area contributed by atoms with Crippen molar-refractivity contribution in [2.45, 2.75) is 104 Å². The summed E-state index contributed by atoms with van der Waals surface area (Å²) in [5.74, 6) is -4.02. The monoisotopic (exact) mass is 563 g/mol. The van der Waals surface area contributed by atoms with E-state index in [9.17, 15) is 29.1 Å². The number of carbonyl (C=O) groups is 5. The number of amides is 3. The average Bonchev–Trinajstić information content (AvgIpc) is 2.88. The lowest BCUT2D eigenvalue weighted by molar-refractivity contribution is -0.162. The molecule has 0 aromatic carbocycles. The van der Waals surface area contributed by atoms with E-state index >= 15 is 0 Å². The van der Waals surface area contributed by atoms with Crippen molar-refractivity contribution in [3.05, 3.63) is 24.4 Å². The molecule has 3 atom stereocenters. The second kappa shape index (κ2) is 17.6. The summed E-state index contributed by atoms with van der Waals surface area (Å²) in [7, 11) is 1.42. The number of unbranched alkanes of at least 4 members (excludes halogenated alkanes) is 7. The van der Waals surface area contributed by atoms with Crippen LogP contribution in [0.15, 0.2) is 24.4 Å². The number of nitrogens with zero attached hydrogens (tertiary/aromatic N) is 1. The number of ether oxygens (including phenoxy) is 1. The highest BCUT2D eigenvalue weighted by molar-refractivity contribution is 6.10. The summed E-state index contributed by atoms with van der Waals surface area (Å²) < 4.78 is 5.63. The van der Waals surface area contributed by atoms with Crippen LogP contribution in [0.25, 0.3) is 0 Å². The van der Waals surface area contributed by atoms with E-state index in [4.69, 9.17) is 4.74 Å². The summed E-state index contributed by atoms with van der Waals surface area (Å²) >= 11 is 0. The lowest BCUT2D eigenvalue weighted by Crippen LogP contribution is -2.55. The van der Waals surface area contributed by atoms with Gasteiger partial charge in [0, 0.05) is 18.8 Å². The van der Waals surface area contributed by atoms with Crippen LogP contribution in [-0.4, -0.2) is 71.3 Å². The molecule has 3 N–H and O–H groups in total. The van der Waals surface area contributed by atoms with Crippen molar-refractivity contribution in [1.29, 1.82) is 0 Å². The maximum absolute atomic E-state index is 13.2. The summed E-state index contributed by atoms with van der Waals surface area (Å²) in [5.41, 5.74) is -2.37. The molecule has 0 aromatic heterocycles. The Hall–Kier alpha value is -3.01. The maximum Gasteiger partial charge on any atom is 0.325 e. The second-order valence-electron chi connectivity index (χ2n) is 11.3. The van der Waals surface area contributed by atoms with E-state index in [1.165, 1.54) is 52.2 Å². The van der Waals surface area contributed by atoms with Crippen LogP contribution in [0, 0.1) is 11.8 Å². The minimum absolute atomic E-state index is 0.0792. The van der Waals surface area contributed by atoms with Crippen molar-refractivity contribution in [3.8, 4) is 0 Å². The molecule has 0 bridgehead atoms. The number of carbonyl (C=O) groups excluding carboxylic acids is 5. The van der Waals surface area contributed by atoms with Crippen LogP contribution in [-0.2, 0) is 28.7 Å². The van der Waals surface area contributed by atoms with Crippen molar-refractivity contribution in [1.82, 2.24) is 15.5 Å². The number of allylic oxidation sites excluding steroid dienone is 1. The summed E-state index contributed by atoms with van der Waals surface area (Å²) in [5, 5.41) is 15.4. The fraction of sp³-hybridized carbons (Fsp3) is 0.700. The van der Waals surface area contributed by atoms with Crippen molar-refractivity contribution in [2.75, 3.05) is 20.1 Å². The van der Waals surface area contributed by atoms with Gasteiger partial charge in [0.25, 0.3) is 5.91 Å². The number of Topliss-reactive ketones (excluding diaryl/α,β-unsaturated/α-hetero) is 1. The summed E-state index contributed by atoms with van der Waals surface area (Å²) in [4.78, 5) is 64.2. The second-order valence-corrected chi connectivity index (χ2v) is 11.3. The minimum atomic E-state index is -2.45. The Bertz CT molecular complexity index is 926. The van der Waals surface area contributed by atoms with E-state index in [0.29, 0.717) is 12.8 Å². The first-order valence-electron chi connectivity index (χ1n) is 14.4. The zero-order chi connectivity index (χ0) is 30.3. The van der Waals surface area contributed by atoms with Crippen LogP contribution >= 0.6 is 0 Å². The van der Waals surface area contributed by atoms with Gasteiger partial charge in [-0.3, -0.25) is 24.0 Å². The number of aliphatic hydroxyl groups is 1. The molecular weight excluding hydrogens is 514 g/mol.